The van der Waals surface area contributed by atoms with Crippen molar-refractivity contribution in [2.75, 3.05) is 11.9 Å². The van der Waals surface area contributed by atoms with Crippen molar-refractivity contribution in [2.24, 2.45) is 17.0 Å². The van der Waals surface area contributed by atoms with Crippen molar-refractivity contribution in [1.29, 1.82) is 0 Å². The number of hydrogen-bond donors (Lipinski definition) is 6. The van der Waals surface area contributed by atoms with Gasteiger partial charge in [0.25, 0.3) is 0 Å². The number of H-pyrrole nitrogens is 1. The summed E-state index contributed by atoms with van der Waals surface area (Å²) in [6, 6.07) is 19.7. The van der Waals surface area contributed by atoms with Gasteiger partial charge in [-0.3, -0.25) is 9.59 Å². The summed E-state index contributed by atoms with van der Waals surface area (Å²) in [5.74, 6) is -0.258. The Morgan fingerprint density at radius 3 is 2.04 bits per heavy atom. The normalized spacial score (nSPS) is 17.0. The van der Waals surface area contributed by atoms with Gasteiger partial charge in [-0.15, -0.1) is 10.2 Å². The number of anilines is 1. The van der Waals surface area contributed by atoms with Gasteiger partial charge in [0.05, 0.1) is 4.90 Å². The van der Waals surface area contributed by atoms with Gasteiger partial charge in [0, 0.05) is 30.1 Å². The largest absolute Gasteiger partial charge is 0.465 e. The predicted octanol–water partition coefficient (Wildman–Crippen LogP) is 4.18. The van der Waals surface area contributed by atoms with Crippen molar-refractivity contribution in [2.45, 2.75) is 43.0 Å². The van der Waals surface area contributed by atoms with E-state index in [1.807, 2.05) is 24.3 Å². The van der Waals surface area contributed by atoms with E-state index < -0.39 is 28.1 Å². The van der Waals surface area contributed by atoms with Crippen LogP contribution in [0.5, 0.6) is 0 Å². The van der Waals surface area contributed by atoms with E-state index in [4.69, 9.17) is 21.8 Å². The number of rotatable bonds is 11. The van der Waals surface area contributed by atoms with E-state index in [0.717, 1.165) is 22.3 Å². The number of sulfonamides is 1. The van der Waals surface area contributed by atoms with Crippen LogP contribution in [0.2, 0.25) is 5.28 Å². The number of benzene rings is 3. The molecule has 246 valence electrons. The van der Waals surface area contributed by atoms with Gasteiger partial charge in [0.15, 0.2) is 5.82 Å². The van der Waals surface area contributed by atoms with E-state index >= 15 is 0 Å². The maximum absolute atomic E-state index is 13.6. The van der Waals surface area contributed by atoms with Crippen LogP contribution in [0.15, 0.2) is 77.7 Å². The van der Waals surface area contributed by atoms with Gasteiger partial charge in [-0.25, -0.2) is 18.4 Å². The molecule has 1 aliphatic rings. The topological polar surface area (TPSA) is 209 Å². The lowest BCUT2D eigenvalue weighted by Crippen LogP contribution is -2.48. The number of nitrogens with one attached hydrogen (secondary N) is 4. The van der Waals surface area contributed by atoms with Gasteiger partial charge in [0.1, 0.15) is 6.04 Å². The maximum Gasteiger partial charge on any atom is 0.404 e. The third kappa shape index (κ3) is 9.15. The summed E-state index contributed by atoms with van der Waals surface area (Å²) < 4.78 is 23.2. The highest BCUT2D eigenvalue weighted by molar-refractivity contribution is 7.89. The highest BCUT2D eigenvalue weighted by Crippen LogP contribution is 2.29. The summed E-state index contributed by atoms with van der Waals surface area (Å²) in [6.07, 6.45) is 1.75. The Labute approximate surface area is 276 Å². The van der Waals surface area contributed by atoms with E-state index in [-0.39, 0.29) is 34.3 Å². The quantitative estimate of drug-likeness (QED) is 0.135. The molecular formula is C32H34ClN7O6S. The maximum atomic E-state index is 13.6. The standard InChI is InChI=1S/C32H34ClN7O6S/c33-31-38-28(39-40-31)23-9-13-25(14-10-23)36-30(42)27(37-29(41)24-7-3-20(4-8-24)18-35-32(43)44)17-19-1-5-21(6-2-19)22-11-15-26(16-12-22)47(34,45)46/h1-2,5-6,9-16,20,24,27,35H,3-4,7-8,17-18H2,(H,36,42)(H,37,41)(H,43,44)(H2,34,45,46)(H,38,39,40)/t20-,24-,27-/m0/s1. The minimum Gasteiger partial charge on any atom is -0.465 e. The Morgan fingerprint density at radius 1 is 0.894 bits per heavy atom. The summed E-state index contributed by atoms with van der Waals surface area (Å²) in [5.41, 5.74) is 3.67. The lowest BCUT2D eigenvalue weighted by molar-refractivity contribution is -0.130. The molecule has 1 saturated carbocycles. The average molecular weight is 680 g/mol. The second kappa shape index (κ2) is 14.8. The molecule has 0 radical (unpaired) electrons. The molecule has 0 unspecified atom stereocenters. The molecule has 0 bridgehead atoms. The fourth-order valence-corrected chi connectivity index (χ4v) is 6.22. The van der Waals surface area contributed by atoms with Crippen molar-refractivity contribution in [1.82, 2.24) is 25.8 Å². The lowest BCUT2D eigenvalue weighted by atomic mass is 9.81. The van der Waals surface area contributed by atoms with Crippen LogP contribution < -0.4 is 21.1 Å². The Kier molecular flexibility index (Phi) is 10.5. The number of nitrogens with zero attached hydrogens (tertiary/aromatic N) is 2. The molecule has 1 aliphatic carbocycles. The fraction of sp³-hybridized carbons (Fsp3) is 0.281. The minimum absolute atomic E-state index is 0.0184. The number of carbonyl (C=O) groups is 3. The monoisotopic (exact) mass is 679 g/mol. The van der Waals surface area contributed by atoms with Crippen LogP contribution in [0.4, 0.5) is 10.5 Å². The Balaban J connectivity index is 1.28. The van der Waals surface area contributed by atoms with Gasteiger partial charge in [-0.05, 0) is 96.3 Å². The second-order valence-corrected chi connectivity index (χ2v) is 13.4. The zero-order chi connectivity index (χ0) is 33.6. The van der Waals surface area contributed by atoms with Crippen LogP contribution in [0, 0.1) is 11.8 Å². The number of primary sulfonamides is 1. The molecule has 1 aromatic heterocycles. The van der Waals surface area contributed by atoms with Crippen LogP contribution in [-0.2, 0) is 26.0 Å². The summed E-state index contributed by atoms with van der Waals surface area (Å²) >= 11 is 5.83. The van der Waals surface area contributed by atoms with E-state index in [1.165, 1.54) is 12.1 Å². The van der Waals surface area contributed by atoms with E-state index in [1.54, 1.807) is 36.4 Å². The molecule has 1 fully saturated rings. The zero-order valence-corrected chi connectivity index (χ0v) is 26.7. The van der Waals surface area contributed by atoms with Gasteiger partial charge in [-0.2, -0.15) is 0 Å². The first kappa shape index (κ1) is 33.6. The Hall–Kier alpha value is -4.79. The zero-order valence-electron chi connectivity index (χ0n) is 25.1. The number of carbonyl (C=O) groups excluding carboxylic acids is 2. The molecule has 0 aliphatic heterocycles. The van der Waals surface area contributed by atoms with Crippen LogP contribution in [0.3, 0.4) is 0 Å². The molecule has 13 nitrogen and oxygen atoms in total. The number of nitrogens with two attached hydrogens (primary N) is 1. The molecular weight excluding hydrogens is 646 g/mol. The van der Waals surface area contributed by atoms with Gasteiger partial charge < -0.3 is 26.0 Å². The molecule has 7 N–H and O–H groups in total. The van der Waals surface area contributed by atoms with Crippen molar-refractivity contribution < 1.29 is 27.9 Å². The minimum atomic E-state index is -3.80. The van der Waals surface area contributed by atoms with Crippen molar-refractivity contribution in [3.8, 4) is 22.5 Å². The Morgan fingerprint density at radius 2 is 1.49 bits per heavy atom. The van der Waals surface area contributed by atoms with Gasteiger partial charge >= 0.3 is 6.09 Å². The molecule has 3 aromatic carbocycles. The lowest BCUT2D eigenvalue weighted by Gasteiger charge is -2.29. The van der Waals surface area contributed by atoms with Gasteiger partial charge in [0.2, 0.25) is 27.1 Å². The van der Waals surface area contributed by atoms with Crippen molar-refractivity contribution >= 4 is 45.2 Å². The van der Waals surface area contributed by atoms with Crippen LogP contribution in [0.1, 0.15) is 31.2 Å². The van der Waals surface area contributed by atoms with E-state index in [2.05, 4.69) is 31.1 Å². The van der Waals surface area contributed by atoms with Crippen LogP contribution in [-0.4, -0.2) is 59.2 Å². The van der Waals surface area contributed by atoms with Gasteiger partial charge in [-0.1, -0.05) is 36.4 Å². The molecule has 5 rings (SSSR count). The molecule has 0 saturated heterocycles. The summed E-state index contributed by atoms with van der Waals surface area (Å²) in [7, 11) is -3.80. The third-order valence-electron chi connectivity index (χ3n) is 8.19. The molecule has 0 spiro atoms. The van der Waals surface area contributed by atoms with Crippen LogP contribution >= 0.6 is 11.6 Å². The van der Waals surface area contributed by atoms with Crippen LogP contribution in [0.25, 0.3) is 22.5 Å². The average Bonchev–Trinajstić information content (AvgIpc) is 3.50. The first-order valence-corrected chi connectivity index (χ1v) is 16.9. The summed E-state index contributed by atoms with van der Waals surface area (Å²) in [5, 5.41) is 30.2. The summed E-state index contributed by atoms with van der Waals surface area (Å²) in [4.78, 5) is 40.7. The molecule has 4 aromatic rings. The molecule has 1 heterocycles. The SMILES string of the molecule is NS(=O)(=O)c1ccc(-c2ccc(C[C@H](NC(=O)[C@H]3CC[C@H](CNC(=O)O)CC3)C(=O)Nc3ccc(-c4nnc(Cl)[nH]4)cc3)cc2)cc1. The van der Waals surface area contributed by atoms with Crippen molar-refractivity contribution in [3.05, 3.63) is 83.6 Å². The first-order valence-electron chi connectivity index (χ1n) is 14.9. The molecule has 1 atom stereocenters. The van der Waals surface area contributed by atoms with Crippen molar-refractivity contribution in [3.63, 3.8) is 0 Å². The highest BCUT2D eigenvalue weighted by Gasteiger charge is 2.30. The molecule has 15 heteroatoms. The predicted molar refractivity (Wildman–Crippen MR) is 176 cm³/mol. The number of hydrogen-bond acceptors (Lipinski definition) is 7. The number of amides is 3. The van der Waals surface area contributed by atoms with E-state index in [9.17, 15) is 22.8 Å². The highest BCUT2D eigenvalue weighted by atomic mass is 35.5. The number of aromatic amines is 1. The number of carboxylic acid groups (broad SMARTS) is 1. The first-order chi connectivity index (χ1) is 22.4. The smallest absolute Gasteiger partial charge is 0.404 e. The van der Waals surface area contributed by atoms with E-state index in [0.29, 0.717) is 43.7 Å². The number of halogens is 1. The molecule has 3 amide bonds. The number of aromatic nitrogens is 3. The third-order valence-corrected chi connectivity index (χ3v) is 9.29. The Bertz CT molecular complexity index is 1820. The fourth-order valence-electron chi connectivity index (χ4n) is 5.58. The summed E-state index contributed by atoms with van der Waals surface area (Å²) in [6.45, 7) is 0.350. The second-order valence-electron chi connectivity index (χ2n) is 11.5. The molecule has 47 heavy (non-hydrogen) atoms.